The van der Waals surface area contributed by atoms with Crippen LogP contribution in [-0.2, 0) is 11.3 Å². The summed E-state index contributed by atoms with van der Waals surface area (Å²) in [7, 11) is 0. The van der Waals surface area contributed by atoms with Crippen molar-refractivity contribution in [2.24, 2.45) is 10.9 Å². The number of aryl methyl sites for hydroxylation is 3. The van der Waals surface area contributed by atoms with Gasteiger partial charge in [-0.2, -0.15) is 5.10 Å². The Balaban J connectivity index is 1.75. The Morgan fingerprint density at radius 1 is 1.37 bits per heavy atom. The van der Waals surface area contributed by atoms with Gasteiger partial charge in [0.1, 0.15) is 0 Å². The smallest absolute Gasteiger partial charge is 0.191 e. The van der Waals surface area contributed by atoms with Crippen molar-refractivity contribution in [3.63, 3.8) is 0 Å². The van der Waals surface area contributed by atoms with Gasteiger partial charge in [-0.05, 0) is 39.2 Å². The standard InChI is InChI=1S/C20H38N6O/c1-6-21-20(22-8-7-9-26-18(5)12-17(4)24-26)23-13-19-15-25(10-11-27-19)14-16(2)3/h12,16,19H,6-11,13-15H2,1-5H3,(H2,21,22,23). The first-order valence-electron chi connectivity index (χ1n) is 10.3. The summed E-state index contributed by atoms with van der Waals surface area (Å²) in [5.41, 5.74) is 2.29. The van der Waals surface area contributed by atoms with Crippen LogP contribution in [0.15, 0.2) is 11.1 Å². The molecule has 27 heavy (non-hydrogen) atoms. The van der Waals surface area contributed by atoms with Crippen LogP contribution < -0.4 is 10.6 Å². The number of hydrogen-bond donors (Lipinski definition) is 2. The number of rotatable bonds is 9. The summed E-state index contributed by atoms with van der Waals surface area (Å²) in [4.78, 5) is 7.23. The highest BCUT2D eigenvalue weighted by atomic mass is 16.5. The second kappa shape index (κ2) is 11.3. The van der Waals surface area contributed by atoms with E-state index in [1.807, 2.05) is 6.92 Å². The molecule has 0 radical (unpaired) electrons. The van der Waals surface area contributed by atoms with Crippen LogP contribution in [-0.4, -0.2) is 72.6 Å². The first kappa shape index (κ1) is 21.7. The lowest BCUT2D eigenvalue weighted by Gasteiger charge is -2.33. The van der Waals surface area contributed by atoms with Crippen molar-refractivity contribution in [2.75, 3.05) is 45.9 Å². The van der Waals surface area contributed by atoms with Crippen LogP contribution in [0.4, 0.5) is 0 Å². The molecule has 1 atom stereocenters. The Bertz CT molecular complexity index is 583. The molecular weight excluding hydrogens is 340 g/mol. The van der Waals surface area contributed by atoms with Gasteiger partial charge in [-0.15, -0.1) is 0 Å². The zero-order chi connectivity index (χ0) is 19.6. The average Bonchev–Trinajstić information content (AvgIpc) is 2.93. The van der Waals surface area contributed by atoms with Crippen molar-refractivity contribution in [3.8, 4) is 0 Å². The maximum Gasteiger partial charge on any atom is 0.191 e. The summed E-state index contributed by atoms with van der Waals surface area (Å²) < 4.78 is 7.97. The van der Waals surface area contributed by atoms with E-state index in [0.717, 1.165) is 63.9 Å². The molecule has 0 bridgehead atoms. The van der Waals surface area contributed by atoms with Gasteiger partial charge < -0.3 is 15.4 Å². The minimum absolute atomic E-state index is 0.183. The lowest BCUT2D eigenvalue weighted by molar-refractivity contribution is -0.0261. The Hall–Kier alpha value is -1.60. The van der Waals surface area contributed by atoms with E-state index in [9.17, 15) is 0 Å². The van der Waals surface area contributed by atoms with Crippen molar-refractivity contribution in [2.45, 2.75) is 53.7 Å². The highest BCUT2D eigenvalue weighted by molar-refractivity contribution is 5.79. The van der Waals surface area contributed by atoms with E-state index < -0.39 is 0 Å². The highest BCUT2D eigenvalue weighted by Crippen LogP contribution is 2.08. The van der Waals surface area contributed by atoms with Gasteiger partial charge >= 0.3 is 0 Å². The lowest BCUT2D eigenvalue weighted by Crippen LogP contribution is -2.46. The molecule has 0 spiro atoms. The first-order chi connectivity index (χ1) is 13.0. The monoisotopic (exact) mass is 378 g/mol. The van der Waals surface area contributed by atoms with Gasteiger partial charge in [-0.1, -0.05) is 13.8 Å². The van der Waals surface area contributed by atoms with E-state index in [-0.39, 0.29) is 6.10 Å². The molecule has 1 fully saturated rings. The van der Waals surface area contributed by atoms with Crippen LogP contribution in [0.1, 0.15) is 38.6 Å². The number of nitrogens with one attached hydrogen (secondary N) is 2. The van der Waals surface area contributed by atoms with Crippen LogP contribution in [0.5, 0.6) is 0 Å². The van der Waals surface area contributed by atoms with E-state index in [0.29, 0.717) is 12.5 Å². The molecule has 0 amide bonds. The zero-order valence-electron chi connectivity index (χ0n) is 17.8. The molecule has 1 aliphatic heterocycles. The van der Waals surface area contributed by atoms with Crippen molar-refractivity contribution in [1.29, 1.82) is 0 Å². The molecule has 2 heterocycles. The molecule has 2 N–H and O–H groups in total. The Labute approximate surface area is 164 Å². The summed E-state index contributed by atoms with van der Waals surface area (Å²) in [6.45, 7) is 18.0. The van der Waals surface area contributed by atoms with Crippen LogP contribution >= 0.6 is 0 Å². The summed E-state index contributed by atoms with van der Waals surface area (Å²) in [6.07, 6.45) is 1.19. The molecule has 154 valence electrons. The molecule has 1 saturated heterocycles. The van der Waals surface area contributed by atoms with Gasteiger partial charge in [0.15, 0.2) is 5.96 Å². The highest BCUT2D eigenvalue weighted by Gasteiger charge is 2.20. The number of aromatic nitrogens is 2. The van der Waals surface area contributed by atoms with E-state index in [4.69, 9.17) is 9.73 Å². The van der Waals surface area contributed by atoms with E-state index in [1.54, 1.807) is 0 Å². The third-order valence-electron chi connectivity index (χ3n) is 4.59. The molecule has 1 aromatic rings. The van der Waals surface area contributed by atoms with Crippen LogP contribution in [0.2, 0.25) is 0 Å². The predicted octanol–water partition coefficient (Wildman–Crippen LogP) is 1.80. The van der Waals surface area contributed by atoms with Gasteiger partial charge in [0.2, 0.25) is 0 Å². The number of nitrogens with zero attached hydrogens (tertiary/aromatic N) is 4. The molecule has 1 aliphatic rings. The maximum absolute atomic E-state index is 5.90. The van der Waals surface area contributed by atoms with Gasteiger partial charge in [0.25, 0.3) is 0 Å². The lowest BCUT2D eigenvalue weighted by atomic mass is 10.2. The molecule has 0 aromatic carbocycles. The topological polar surface area (TPSA) is 66.7 Å². The third kappa shape index (κ3) is 7.89. The normalized spacial score (nSPS) is 18.9. The number of morpholine rings is 1. The molecule has 0 aliphatic carbocycles. The second-order valence-corrected chi connectivity index (χ2v) is 7.80. The second-order valence-electron chi connectivity index (χ2n) is 7.80. The van der Waals surface area contributed by atoms with Crippen molar-refractivity contribution in [1.82, 2.24) is 25.3 Å². The van der Waals surface area contributed by atoms with E-state index >= 15 is 0 Å². The molecule has 0 saturated carbocycles. The Kier molecular flexibility index (Phi) is 9.07. The first-order valence-corrected chi connectivity index (χ1v) is 10.3. The van der Waals surface area contributed by atoms with Crippen molar-refractivity contribution < 1.29 is 4.74 Å². The van der Waals surface area contributed by atoms with Crippen LogP contribution in [0, 0.1) is 19.8 Å². The third-order valence-corrected chi connectivity index (χ3v) is 4.59. The van der Waals surface area contributed by atoms with Crippen molar-refractivity contribution in [3.05, 3.63) is 17.5 Å². The molecule has 2 rings (SSSR count). The van der Waals surface area contributed by atoms with E-state index in [2.05, 4.69) is 59.1 Å². The maximum atomic E-state index is 5.90. The zero-order valence-corrected chi connectivity index (χ0v) is 17.8. The van der Waals surface area contributed by atoms with Crippen LogP contribution in [0.3, 0.4) is 0 Å². The van der Waals surface area contributed by atoms with Crippen molar-refractivity contribution >= 4 is 5.96 Å². The molecule has 7 heteroatoms. The number of aliphatic imine (C=N–C) groups is 1. The fraction of sp³-hybridized carbons (Fsp3) is 0.800. The average molecular weight is 379 g/mol. The van der Waals surface area contributed by atoms with Gasteiger partial charge in [0, 0.05) is 45.0 Å². The summed E-state index contributed by atoms with van der Waals surface area (Å²) >= 11 is 0. The Morgan fingerprint density at radius 3 is 2.85 bits per heavy atom. The SMILES string of the molecule is CCNC(=NCC1CN(CC(C)C)CCO1)NCCCn1nc(C)cc1C. The minimum Gasteiger partial charge on any atom is -0.374 e. The Morgan fingerprint density at radius 2 is 2.19 bits per heavy atom. The summed E-state index contributed by atoms with van der Waals surface area (Å²) in [5.74, 6) is 1.56. The van der Waals surface area contributed by atoms with E-state index in [1.165, 1.54) is 5.69 Å². The fourth-order valence-electron chi connectivity index (χ4n) is 3.44. The number of guanidine groups is 1. The fourth-order valence-corrected chi connectivity index (χ4v) is 3.44. The molecular formula is C20H38N6O. The van der Waals surface area contributed by atoms with Gasteiger partial charge in [0.05, 0.1) is 24.9 Å². The molecule has 1 unspecified atom stereocenters. The van der Waals surface area contributed by atoms with Gasteiger partial charge in [-0.3, -0.25) is 14.6 Å². The molecule has 1 aromatic heterocycles. The molecule has 7 nitrogen and oxygen atoms in total. The van der Waals surface area contributed by atoms with Gasteiger partial charge in [-0.25, -0.2) is 0 Å². The van der Waals surface area contributed by atoms with Crippen LogP contribution in [0.25, 0.3) is 0 Å². The minimum atomic E-state index is 0.183. The predicted molar refractivity (Wildman–Crippen MR) is 111 cm³/mol. The quantitative estimate of drug-likeness (QED) is 0.390. The largest absolute Gasteiger partial charge is 0.374 e. The number of ether oxygens (including phenoxy) is 1. The summed E-state index contributed by atoms with van der Waals surface area (Å²) in [6, 6.07) is 2.12. The number of hydrogen-bond acceptors (Lipinski definition) is 4. The summed E-state index contributed by atoms with van der Waals surface area (Å²) in [5, 5.41) is 11.3.